The van der Waals surface area contributed by atoms with E-state index in [-0.39, 0.29) is 6.07 Å². The molecule has 0 N–H and O–H groups in total. The summed E-state index contributed by atoms with van der Waals surface area (Å²) in [6.07, 6.45) is -7.97. The molecule has 8 heteroatoms. The van der Waals surface area contributed by atoms with Crippen molar-refractivity contribution in [3.8, 4) is 5.88 Å². The number of pyridine rings is 1. The van der Waals surface area contributed by atoms with Crippen LogP contribution in [0.4, 0.5) is 22.0 Å². The van der Waals surface area contributed by atoms with Crippen LogP contribution in [0.1, 0.15) is 17.7 Å². The van der Waals surface area contributed by atoms with Crippen LogP contribution in [0.2, 0.25) is 5.02 Å². The summed E-state index contributed by atoms with van der Waals surface area (Å²) in [5, 5.41) is -0.620. The molecule has 0 saturated carbocycles. The van der Waals surface area contributed by atoms with Crippen LogP contribution in [0.15, 0.2) is 6.07 Å². The maximum atomic E-state index is 12.4. The molecule has 1 rings (SSSR count). The van der Waals surface area contributed by atoms with Gasteiger partial charge in [-0.15, -0.1) is 0 Å². The molecule has 0 aliphatic carbocycles. The number of ether oxygens (including phenoxy) is 1. The van der Waals surface area contributed by atoms with Gasteiger partial charge in [-0.25, -0.2) is 13.8 Å². The molecule has 0 saturated heterocycles. The van der Waals surface area contributed by atoms with E-state index in [4.69, 9.17) is 11.6 Å². The van der Waals surface area contributed by atoms with E-state index in [2.05, 4.69) is 9.72 Å². The number of methoxy groups -OCH3 is 1. The van der Waals surface area contributed by atoms with Gasteiger partial charge >= 0.3 is 6.18 Å². The minimum absolute atomic E-state index is 0.204. The maximum absolute atomic E-state index is 12.4. The number of aromatic nitrogens is 1. The maximum Gasteiger partial charge on any atom is 0.433 e. The topological polar surface area (TPSA) is 22.1 Å². The van der Waals surface area contributed by atoms with Crippen LogP contribution in [-0.4, -0.2) is 12.1 Å². The van der Waals surface area contributed by atoms with Crippen molar-refractivity contribution in [3.05, 3.63) is 22.3 Å². The van der Waals surface area contributed by atoms with Gasteiger partial charge in [-0.05, 0) is 6.07 Å². The molecule has 0 radical (unpaired) electrons. The number of hydrogen-bond donors (Lipinski definition) is 0. The molecular formula is C8H5ClF5NO. The predicted octanol–water partition coefficient (Wildman–Crippen LogP) is 3.70. The smallest absolute Gasteiger partial charge is 0.433 e. The van der Waals surface area contributed by atoms with E-state index in [0.717, 1.165) is 7.11 Å². The second-order valence-electron chi connectivity index (χ2n) is 2.72. The Kier molecular flexibility index (Phi) is 3.57. The summed E-state index contributed by atoms with van der Waals surface area (Å²) in [5.74, 6) is -0.674. The lowest BCUT2D eigenvalue weighted by Crippen LogP contribution is -2.10. The standard InChI is InChI=1S/C8H5ClF5NO/c1-16-7-5(9)3(6(10)11)2-4(15-7)8(12,13)14/h2,6H,1H3. The Morgan fingerprint density at radius 2 is 1.94 bits per heavy atom. The summed E-state index contributed by atoms with van der Waals surface area (Å²) in [5.41, 5.74) is -2.43. The molecular weight excluding hydrogens is 257 g/mol. The lowest BCUT2D eigenvalue weighted by atomic mass is 10.2. The zero-order valence-corrected chi connectivity index (χ0v) is 8.53. The molecule has 0 unspecified atom stereocenters. The summed E-state index contributed by atoms with van der Waals surface area (Å²) in [6.45, 7) is 0. The molecule has 0 aromatic carbocycles. The highest BCUT2D eigenvalue weighted by Crippen LogP contribution is 2.38. The molecule has 2 nitrogen and oxygen atoms in total. The van der Waals surface area contributed by atoms with Gasteiger partial charge < -0.3 is 4.74 Å². The van der Waals surface area contributed by atoms with Crippen molar-refractivity contribution in [1.82, 2.24) is 4.98 Å². The highest BCUT2D eigenvalue weighted by molar-refractivity contribution is 6.32. The first-order valence-corrected chi connectivity index (χ1v) is 4.25. The lowest BCUT2D eigenvalue weighted by molar-refractivity contribution is -0.141. The monoisotopic (exact) mass is 261 g/mol. The van der Waals surface area contributed by atoms with Gasteiger partial charge in [0.25, 0.3) is 6.43 Å². The number of alkyl halides is 5. The average molecular weight is 262 g/mol. The molecule has 90 valence electrons. The van der Waals surface area contributed by atoms with E-state index < -0.39 is 34.8 Å². The van der Waals surface area contributed by atoms with Crippen LogP contribution in [0.3, 0.4) is 0 Å². The molecule has 0 bridgehead atoms. The van der Waals surface area contributed by atoms with Crippen LogP contribution in [-0.2, 0) is 6.18 Å². The number of nitrogens with zero attached hydrogens (tertiary/aromatic N) is 1. The van der Waals surface area contributed by atoms with E-state index in [9.17, 15) is 22.0 Å². The minimum atomic E-state index is -4.83. The predicted molar refractivity (Wildman–Crippen MR) is 45.8 cm³/mol. The molecule has 1 heterocycles. The molecule has 0 fully saturated rings. The summed E-state index contributed by atoms with van der Waals surface area (Å²) in [4.78, 5) is 2.99. The molecule has 16 heavy (non-hydrogen) atoms. The number of halogens is 6. The normalized spacial score (nSPS) is 12.0. The SMILES string of the molecule is COc1nc(C(F)(F)F)cc(C(F)F)c1Cl. The molecule has 1 aromatic heterocycles. The van der Waals surface area contributed by atoms with Crippen LogP contribution >= 0.6 is 11.6 Å². The van der Waals surface area contributed by atoms with Gasteiger partial charge in [-0.2, -0.15) is 13.2 Å². The van der Waals surface area contributed by atoms with Crippen molar-refractivity contribution in [3.63, 3.8) is 0 Å². The highest BCUT2D eigenvalue weighted by atomic mass is 35.5. The van der Waals surface area contributed by atoms with Crippen molar-refractivity contribution in [2.24, 2.45) is 0 Å². The summed E-state index contributed by atoms with van der Waals surface area (Å²) in [7, 11) is 0.990. The van der Waals surface area contributed by atoms with Crippen molar-refractivity contribution in [2.75, 3.05) is 7.11 Å². The van der Waals surface area contributed by atoms with E-state index in [1.165, 1.54) is 0 Å². The third-order valence-electron chi connectivity index (χ3n) is 1.67. The molecule has 0 spiro atoms. The lowest BCUT2D eigenvalue weighted by Gasteiger charge is -2.12. The van der Waals surface area contributed by atoms with E-state index in [0.29, 0.717) is 0 Å². The summed E-state index contributed by atoms with van der Waals surface area (Å²) < 4.78 is 66.0. The van der Waals surface area contributed by atoms with Crippen molar-refractivity contribution in [1.29, 1.82) is 0 Å². The van der Waals surface area contributed by atoms with Crippen LogP contribution in [0, 0.1) is 0 Å². The largest absolute Gasteiger partial charge is 0.480 e. The molecule has 0 aliphatic heterocycles. The summed E-state index contributed by atoms with van der Waals surface area (Å²) in [6, 6.07) is 0.204. The second kappa shape index (κ2) is 4.40. The Morgan fingerprint density at radius 3 is 2.31 bits per heavy atom. The third kappa shape index (κ3) is 2.52. The zero-order valence-electron chi connectivity index (χ0n) is 7.78. The number of rotatable bonds is 2. The first kappa shape index (κ1) is 13.0. The summed E-state index contributed by atoms with van der Waals surface area (Å²) >= 11 is 5.39. The second-order valence-corrected chi connectivity index (χ2v) is 3.10. The van der Waals surface area contributed by atoms with Crippen LogP contribution < -0.4 is 4.74 Å². The van der Waals surface area contributed by atoms with Gasteiger partial charge in [0.05, 0.1) is 7.11 Å². The fraction of sp³-hybridized carbons (Fsp3) is 0.375. The molecule has 0 aliphatic rings. The number of hydrogen-bond acceptors (Lipinski definition) is 2. The van der Waals surface area contributed by atoms with Gasteiger partial charge in [0.1, 0.15) is 10.7 Å². The van der Waals surface area contributed by atoms with Crippen molar-refractivity contribution < 1.29 is 26.7 Å². The van der Waals surface area contributed by atoms with Gasteiger partial charge in [-0.3, -0.25) is 0 Å². The van der Waals surface area contributed by atoms with E-state index in [1.807, 2.05) is 0 Å². The Hall–Kier alpha value is -1.11. The molecule has 0 amide bonds. The zero-order chi connectivity index (χ0) is 12.5. The van der Waals surface area contributed by atoms with Crippen LogP contribution in [0.25, 0.3) is 0 Å². The Labute approximate surface area is 92.0 Å². The Morgan fingerprint density at radius 1 is 1.38 bits per heavy atom. The Bertz CT molecular complexity index is 393. The first-order valence-electron chi connectivity index (χ1n) is 3.87. The van der Waals surface area contributed by atoms with E-state index in [1.54, 1.807) is 0 Å². The van der Waals surface area contributed by atoms with Crippen molar-refractivity contribution >= 4 is 11.6 Å². The third-order valence-corrected chi connectivity index (χ3v) is 2.05. The van der Waals surface area contributed by atoms with E-state index >= 15 is 0 Å². The molecule has 0 atom stereocenters. The Balaban J connectivity index is 3.40. The highest BCUT2D eigenvalue weighted by Gasteiger charge is 2.35. The fourth-order valence-electron chi connectivity index (χ4n) is 0.964. The minimum Gasteiger partial charge on any atom is -0.480 e. The average Bonchev–Trinajstić information content (AvgIpc) is 2.15. The quantitative estimate of drug-likeness (QED) is 0.757. The first-order chi connectivity index (χ1) is 7.27. The molecule has 1 aromatic rings. The van der Waals surface area contributed by atoms with Gasteiger partial charge in [0.2, 0.25) is 5.88 Å². The van der Waals surface area contributed by atoms with Gasteiger partial charge in [0, 0.05) is 5.56 Å². The fourth-order valence-corrected chi connectivity index (χ4v) is 1.22. The van der Waals surface area contributed by atoms with Gasteiger partial charge in [-0.1, -0.05) is 11.6 Å². The van der Waals surface area contributed by atoms with Gasteiger partial charge in [0.15, 0.2) is 0 Å². The van der Waals surface area contributed by atoms with Crippen LogP contribution in [0.5, 0.6) is 5.88 Å². The van der Waals surface area contributed by atoms with Crippen molar-refractivity contribution in [2.45, 2.75) is 12.6 Å².